The molecule has 300 valence electrons. The Balaban J connectivity index is 0.00000673. The number of hydrogen-bond donors (Lipinski definition) is 9. The molecule has 3 aliphatic rings. The van der Waals surface area contributed by atoms with E-state index in [9.17, 15) is 55.5 Å². The molecule has 0 radical (unpaired) electrons. The van der Waals surface area contributed by atoms with E-state index < -0.39 is 117 Å². The van der Waals surface area contributed by atoms with E-state index >= 15 is 0 Å². The van der Waals surface area contributed by atoms with Gasteiger partial charge in [0, 0.05) is 20.0 Å². The second-order valence-electron chi connectivity index (χ2n) is 13.6. The average Bonchev–Trinajstić information content (AvgIpc) is 3.16. The monoisotopic (exact) mass is 789 g/mol. The van der Waals surface area contributed by atoms with Crippen molar-refractivity contribution < 1.29 is 114 Å². The summed E-state index contributed by atoms with van der Waals surface area (Å²) in [4.78, 5) is 24.5. The van der Waals surface area contributed by atoms with Gasteiger partial charge in [-0.05, 0) is 23.1 Å². The zero-order valence-electron chi connectivity index (χ0n) is 30.4. The van der Waals surface area contributed by atoms with Crippen LogP contribution in [0.1, 0.15) is 25.3 Å². The Bertz CT molecular complexity index is 1510. The number of carbonyl (C=O) groups excluding carboxylic acids is 2. The summed E-state index contributed by atoms with van der Waals surface area (Å²) in [5.41, 5.74) is 2.99. The zero-order valence-corrected chi connectivity index (χ0v) is 32.4. The predicted molar refractivity (Wildman–Crippen MR) is 179 cm³/mol. The second kappa shape index (κ2) is 20.5. The van der Waals surface area contributed by atoms with Crippen LogP contribution in [0, 0.1) is 0 Å². The maximum atomic E-state index is 12.6. The van der Waals surface area contributed by atoms with Gasteiger partial charge < -0.3 is 84.5 Å². The summed E-state index contributed by atoms with van der Waals surface area (Å²) in [6, 6.07) is 16.1. The SMILES string of the molecule is CC(=O)N[C@H]1[C@H]([C@H](O)[C@H](O)CO)O[C@@](O[C@H]2[C@@H](O)[C@@H](CO)O[C@@H](O[C@@H]3CCO[C@H](COCc4ccc(-c5ccccc5)cc4)[C@@H]3O)[C@@H]2O)(C(=O)[O-])C[C@@H]1O.[Na+]. The van der Waals surface area contributed by atoms with Gasteiger partial charge in [-0.25, -0.2) is 0 Å². The van der Waals surface area contributed by atoms with Crippen LogP contribution in [0.4, 0.5) is 0 Å². The van der Waals surface area contributed by atoms with Crippen LogP contribution >= 0.6 is 0 Å². The molecule has 9 N–H and O–H groups in total. The van der Waals surface area contributed by atoms with Crippen molar-refractivity contribution in [3.8, 4) is 11.1 Å². The van der Waals surface area contributed by atoms with E-state index in [4.69, 9.17) is 28.4 Å². The summed E-state index contributed by atoms with van der Waals surface area (Å²) in [6.45, 7) is -0.545. The molecule has 2 aromatic carbocycles. The third-order valence-corrected chi connectivity index (χ3v) is 9.74. The van der Waals surface area contributed by atoms with Crippen LogP contribution in [0.5, 0.6) is 0 Å². The van der Waals surface area contributed by atoms with E-state index in [1.54, 1.807) is 0 Å². The van der Waals surface area contributed by atoms with Crippen molar-refractivity contribution in [2.75, 3.05) is 26.4 Å². The van der Waals surface area contributed by atoms with E-state index in [1.807, 2.05) is 54.6 Å². The maximum absolute atomic E-state index is 12.6. The molecule has 0 bridgehead atoms. The summed E-state index contributed by atoms with van der Waals surface area (Å²) >= 11 is 0. The molecule has 0 aliphatic carbocycles. The van der Waals surface area contributed by atoms with Crippen molar-refractivity contribution in [1.82, 2.24) is 5.32 Å². The molecule has 0 aromatic heterocycles. The maximum Gasteiger partial charge on any atom is 1.00 e. The van der Waals surface area contributed by atoms with Crippen molar-refractivity contribution in [2.45, 2.75) is 112 Å². The van der Waals surface area contributed by atoms with E-state index in [1.165, 1.54) is 0 Å². The molecule has 0 saturated carbocycles. The Morgan fingerprint density at radius 2 is 1.64 bits per heavy atom. The normalized spacial score (nSPS) is 34.9. The van der Waals surface area contributed by atoms with Gasteiger partial charge in [0.1, 0.15) is 60.9 Å². The standard InChI is InChI=1S/C36H49NO17.Na/c1-18(40)37-27-22(41)13-36(35(47)48,53-32(27)28(43)23(42)14-38)54-33-30(45)25(15-39)52-34(31(33)46)51-24-11-12-50-26(29(24)44)17-49-16-19-7-9-21(10-8-19)20-5-3-2-4-6-20;/h2-10,22-34,38-39,41-46H,11-17H2,1H3,(H,37,40)(H,47,48);/q;+1/p-1/t22-,23+,24+,25+,26+,27+,28+,29+,30-,31+,32+,33-,34+,36-;/m0./s1. The number of aliphatic hydroxyl groups is 8. The molecular formula is C36H48NNaO17. The van der Waals surface area contributed by atoms with Gasteiger partial charge in [-0.15, -0.1) is 0 Å². The minimum absolute atomic E-state index is 0. The molecule has 18 nitrogen and oxygen atoms in total. The van der Waals surface area contributed by atoms with Crippen LogP contribution in [0.3, 0.4) is 0 Å². The van der Waals surface area contributed by atoms with Gasteiger partial charge in [-0.1, -0.05) is 54.6 Å². The molecule has 19 heteroatoms. The largest absolute Gasteiger partial charge is 1.00 e. The number of nitrogens with one attached hydrogen (secondary N) is 1. The number of aliphatic hydroxyl groups excluding tert-OH is 8. The number of carboxylic acids is 1. The van der Waals surface area contributed by atoms with Crippen molar-refractivity contribution >= 4 is 11.9 Å². The van der Waals surface area contributed by atoms with Crippen molar-refractivity contribution in [1.29, 1.82) is 0 Å². The Kier molecular flexibility index (Phi) is 17.0. The van der Waals surface area contributed by atoms with Gasteiger partial charge in [0.15, 0.2) is 6.29 Å². The average molecular weight is 790 g/mol. The Morgan fingerprint density at radius 1 is 0.964 bits per heavy atom. The topological polar surface area (TPSA) is 286 Å². The first-order valence-corrected chi connectivity index (χ1v) is 17.6. The van der Waals surface area contributed by atoms with Crippen molar-refractivity contribution in [3.63, 3.8) is 0 Å². The van der Waals surface area contributed by atoms with E-state index in [2.05, 4.69) is 5.32 Å². The second-order valence-corrected chi connectivity index (χ2v) is 13.6. The molecule has 55 heavy (non-hydrogen) atoms. The summed E-state index contributed by atoms with van der Waals surface area (Å²) in [7, 11) is 0. The fraction of sp³-hybridized carbons (Fsp3) is 0.611. The van der Waals surface area contributed by atoms with Crippen LogP contribution < -0.4 is 40.0 Å². The Labute approximate surface area is 338 Å². The van der Waals surface area contributed by atoms with Crippen LogP contribution in [0.25, 0.3) is 11.1 Å². The quantitative estimate of drug-likeness (QED) is 0.0758. The number of amides is 1. The molecule has 0 unspecified atom stereocenters. The summed E-state index contributed by atoms with van der Waals surface area (Å²) in [5.74, 6) is -5.91. The van der Waals surface area contributed by atoms with Gasteiger partial charge in [0.05, 0.1) is 44.7 Å². The summed E-state index contributed by atoms with van der Waals surface area (Å²) in [5, 5.41) is 99.6. The minimum Gasteiger partial charge on any atom is -0.544 e. The van der Waals surface area contributed by atoms with Crippen LogP contribution in [0.15, 0.2) is 54.6 Å². The van der Waals surface area contributed by atoms with Gasteiger partial charge in [0.25, 0.3) is 0 Å². The number of rotatable bonds is 15. The molecule has 0 spiro atoms. The number of carbonyl (C=O) groups is 2. The van der Waals surface area contributed by atoms with Gasteiger partial charge >= 0.3 is 29.6 Å². The number of carboxylic acid groups (broad SMARTS) is 1. The first kappa shape index (κ1) is 45.5. The first-order chi connectivity index (χ1) is 25.8. The number of aliphatic carboxylic acids is 1. The van der Waals surface area contributed by atoms with Gasteiger partial charge in [-0.2, -0.15) is 0 Å². The predicted octanol–water partition coefficient (Wildman–Crippen LogP) is -6.95. The number of hydrogen-bond acceptors (Lipinski definition) is 17. The Morgan fingerprint density at radius 3 is 2.25 bits per heavy atom. The van der Waals surface area contributed by atoms with Crippen LogP contribution in [-0.2, 0) is 44.6 Å². The molecule has 3 aliphatic heterocycles. The third-order valence-electron chi connectivity index (χ3n) is 9.74. The van der Waals surface area contributed by atoms with Crippen LogP contribution in [0.2, 0.25) is 0 Å². The number of ether oxygens (including phenoxy) is 6. The molecule has 3 fully saturated rings. The first-order valence-electron chi connectivity index (χ1n) is 17.6. The molecule has 3 saturated heterocycles. The molecule has 3 heterocycles. The fourth-order valence-corrected chi connectivity index (χ4v) is 6.79. The zero-order chi connectivity index (χ0) is 39.2. The molecule has 1 amide bonds. The third kappa shape index (κ3) is 10.9. The fourth-order valence-electron chi connectivity index (χ4n) is 6.79. The minimum atomic E-state index is -3.05. The van der Waals surface area contributed by atoms with Gasteiger partial charge in [0.2, 0.25) is 11.7 Å². The van der Waals surface area contributed by atoms with Crippen molar-refractivity contribution in [3.05, 3.63) is 60.2 Å². The summed E-state index contributed by atoms with van der Waals surface area (Å²) in [6.07, 6.45) is -21.1. The molecular weight excluding hydrogens is 741 g/mol. The van der Waals surface area contributed by atoms with Crippen LogP contribution in [-0.4, -0.2) is 164 Å². The molecule has 5 rings (SSSR count). The summed E-state index contributed by atoms with van der Waals surface area (Å²) < 4.78 is 34.3. The number of benzene rings is 2. The van der Waals surface area contributed by atoms with Crippen molar-refractivity contribution in [2.24, 2.45) is 0 Å². The smallest absolute Gasteiger partial charge is 0.544 e. The van der Waals surface area contributed by atoms with E-state index in [-0.39, 0.29) is 55.8 Å². The van der Waals surface area contributed by atoms with E-state index in [0.29, 0.717) is 0 Å². The van der Waals surface area contributed by atoms with E-state index in [0.717, 1.165) is 23.6 Å². The van der Waals surface area contributed by atoms with Gasteiger partial charge in [-0.3, -0.25) is 4.79 Å². The Hall–Kier alpha value is -2.18. The molecule has 14 atom stereocenters. The molecule has 2 aromatic rings.